The van der Waals surface area contributed by atoms with Crippen molar-refractivity contribution in [1.29, 1.82) is 0 Å². The quantitative estimate of drug-likeness (QED) is 0.741. The van der Waals surface area contributed by atoms with Gasteiger partial charge in [-0.05, 0) is 38.5 Å². The molecule has 0 aliphatic heterocycles. The Kier molecular flexibility index (Phi) is 5.35. The first kappa shape index (κ1) is 18.8. The summed E-state index contributed by atoms with van der Waals surface area (Å²) in [6.45, 7) is 5.19. The number of amides is 1. The molecule has 0 unspecified atom stereocenters. The second-order valence-corrected chi connectivity index (χ2v) is 6.52. The van der Waals surface area contributed by atoms with Crippen LogP contribution in [0.3, 0.4) is 0 Å². The van der Waals surface area contributed by atoms with E-state index in [1.807, 2.05) is 44.2 Å². The van der Waals surface area contributed by atoms with Gasteiger partial charge in [-0.25, -0.2) is 13.5 Å². The van der Waals surface area contributed by atoms with E-state index in [-0.39, 0.29) is 30.0 Å². The molecule has 0 atom stereocenters. The van der Waals surface area contributed by atoms with Gasteiger partial charge in [-0.2, -0.15) is 5.10 Å². The third kappa shape index (κ3) is 3.89. The lowest BCUT2D eigenvalue weighted by Gasteiger charge is -2.09. The number of nitrogens with zero attached hydrogens (tertiary/aromatic N) is 2. The predicted octanol–water partition coefficient (Wildman–Crippen LogP) is 3.93. The molecule has 0 aliphatic rings. The van der Waals surface area contributed by atoms with Crippen LogP contribution < -0.4 is 5.32 Å². The second-order valence-electron chi connectivity index (χ2n) is 6.52. The lowest BCUT2D eigenvalue weighted by molar-refractivity contribution is -0.120. The van der Waals surface area contributed by atoms with Crippen molar-refractivity contribution in [2.24, 2.45) is 0 Å². The molecule has 0 bridgehead atoms. The van der Waals surface area contributed by atoms with E-state index in [0.717, 1.165) is 22.6 Å². The molecular weight excluding hydrogens is 348 g/mol. The van der Waals surface area contributed by atoms with Gasteiger partial charge in [0, 0.05) is 23.4 Å². The standard InChI is InChI=1S/C21H21F2N3O/c1-13-9-10-16(21(23)20(13)22)12-24-19(27)11-18-14(2)25-26(15(18)3)17-7-5-4-6-8-17/h4-10H,11-12H2,1-3H3,(H,24,27). The van der Waals surface area contributed by atoms with Gasteiger partial charge in [-0.15, -0.1) is 0 Å². The molecule has 0 aliphatic carbocycles. The summed E-state index contributed by atoms with van der Waals surface area (Å²) in [5.74, 6) is -2.06. The SMILES string of the molecule is Cc1ccc(CNC(=O)Cc2c(C)nn(-c3ccccc3)c2C)c(F)c1F. The molecule has 1 aromatic heterocycles. The van der Waals surface area contributed by atoms with Crippen molar-refractivity contribution in [3.05, 3.63) is 82.2 Å². The summed E-state index contributed by atoms with van der Waals surface area (Å²) in [6, 6.07) is 12.6. The molecule has 6 heteroatoms. The Bertz CT molecular complexity index is 981. The fourth-order valence-corrected chi connectivity index (χ4v) is 2.99. The summed E-state index contributed by atoms with van der Waals surface area (Å²) in [5.41, 5.74) is 3.75. The van der Waals surface area contributed by atoms with Crippen molar-refractivity contribution in [2.75, 3.05) is 0 Å². The van der Waals surface area contributed by atoms with E-state index in [9.17, 15) is 13.6 Å². The van der Waals surface area contributed by atoms with Crippen molar-refractivity contribution in [3.8, 4) is 5.69 Å². The molecule has 0 spiro atoms. The normalized spacial score (nSPS) is 10.9. The summed E-state index contributed by atoms with van der Waals surface area (Å²) in [7, 11) is 0. The monoisotopic (exact) mass is 369 g/mol. The van der Waals surface area contributed by atoms with Crippen LogP contribution in [0.5, 0.6) is 0 Å². The van der Waals surface area contributed by atoms with Gasteiger partial charge < -0.3 is 5.32 Å². The second kappa shape index (κ2) is 7.70. The topological polar surface area (TPSA) is 46.9 Å². The Morgan fingerprint density at radius 1 is 1.04 bits per heavy atom. The molecule has 27 heavy (non-hydrogen) atoms. The number of benzene rings is 2. The van der Waals surface area contributed by atoms with Gasteiger partial charge in [0.15, 0.2) is 11.6 Å². The van der Waals surface area contributed by atoms with E-state index in [4.69, 9.17) is 0 Å². The average Bonchev–Trinajstić information content (AvgIpc) is 2.94. The van der Waals surface area contributed by atoms with Crippen LogP contribution in [0.15, 0.2) is 42.5 Å². The molecular formula is C21H21F2N3O. The van der Waals surface area contributed by atoms with Crippen molar-refractivity contribution in [1.82, 2.24) is 15.1 Å². The Hall–Kier alpha value is -3.02. The molecule has 1 N–H and O–H groups in total. The molecule has 1 amide bonds. The summed E-state index contributed by atoms with van der Waals surface area (Å²) in [6.07, 6.45) is 0.125. The fourth-order valence-electron chi connectivity index (χ4n) is 2.99. The van der Waals surface area contributed by atoms with Gasteiger partial charge in [0.2, 0.25) is 5.91 Å². The fraction of sp³-hybridized carbons (Fsp3) is 0.238. The van der Waals surface area contributed by atoms with E-state index in [0.29, 0.717) is 0 Å². The van der Waals surface area contributed by atoms with Crippen molar-refractivity contribution < 1.29 is 13.6 Å². The minimum Gasteiger partial charge on any atom is -0.352 e. The zero-order valence-electron chi connectivity index (χ0n) is 15.5. The van der Waals surface area contributed by atoms with Gasteiger partial charge in [0.25, 0.3) is 0 Å². The maximum atomic E-state index is 13.9. The Morgan fingerprint density at radius 3 is 2.44 bits per heavy atom. The van der Waals surface area contributed by atoms with Gasteiger partial charge in [-0.3, -0.25) is 4.79 Å². The first-order chi connectivity index (χ1) is 12.9. The van der Waals surface area contributed by atoms with Crippen LogP contribution in [-0.4, -0.2) is 15.7 Å². The van der Waals surface area contributed by atoms with Crippen LogP contribution in [0.4, 0.5) is 8.78 Å². The molecule has 2 aromatic carbocycles. The van der Waals surface area contributed by atoms with Crippen molar-refractivity contribution >= 4 is 5.91 Å². The number of carbonyl (C=O) groups is 1. The Labute approximate surface area is 156 Å². The summed E-state index contributed by atoms with van der Waals surface area (Å²) in [5, 5.41) is 7.17. The minimum atomic E-state index is -0.917. The van der Waals surface area contributed by atoms with E-state index in [1.54, 1.807) is 4.68 Å². The van der Waals surface area contributed by atoms with E-state index < -0.39 is 11.6 Å². The van der Waals surface area contributed by atoms with Crippen LogP contribution in [-0.2, 0) is 17.8 Å². The average molecular weight is 369 g/mol. The first-order valence-corrected chi connectivity index (χ1v) is 8.69. The van der Waals surface area contributed by atoms with Crippen molar-refractivity contribution in [2.45, 2.75) is 33.7 Å². The van der Waals surface area contributed by atoms with Crippen molar-refractivity contribution in [3.63, 3.8) is 0 Å². The third-order valence-corrected chi connectivity index (χ3v) is 4.61. The van der Waals surface area contributed by atoms with Gasteiger partial charge >= 0.3 is 0 Å². The number of halogens is 2. The van der Waals surface area contributed by atoms with Crippen LogP contribution >= 0.6 is 0 Å². The molecule has 0 saturated heterocycles. The number of aryl methyl sites for hydroxylation is 2. The van der Waals surface area contributed by atoms with Crippen LogP contribution in [0.2, 0.25) is 0 Å². The third-order valence-electron chi connectivity index (χ3n) is 4.61. The highest BCUT2D eigenvalue weighted by atomic mass is 19.2. The molecule has 1 heterocycles. The molecule has 4 nitrogen and oxygen atoms in total. The van der Waals surface area contributed by atoms with Crippen LogP contribution in [0, 0.1) is 32.4 Å². The number of para-hydroxylation sites is 1. The maximum Gasteiger partial charge on any atom is 0.224 e. The van der Waals surface area contributed by atoms with E-state index in [2.05, 4.69) is 10.4 Å². The molecule has 0 saturated carbocycles. The Balaban J connectivity index is 1.72. The smallest absolute Gasteiger partial charge is 0.224 e. The van der Waals surface area contributed by atoms with Gasteiger partial charge in [0.1, 0.15) is 0 Å². The number of rotatable bonds is 5. The summed E-state index contributed by atoms with van der Waals surface area (Å²) < 4.78 is 29.4. The number of carbonyl (C=O) groups excluding carboxylic acids is 1. The zero-order chi connectivity index (χ0) is 19.6. The maximum absolute atomic E-state index is 13.9. The number of hydrogen-bond donors (Lipinski definition) is 1. The molecule has 0 fully saturated rings. The minimum absolute atomic E-state index is 0.0627. The number of hydrogen-bond acceptors (Lipinski definition) is 2. The summed E-state index contributed by atoms with van der Waals surface area (Å²) in [4.78, 5) is 12.3. The molecule has 3 aromatic rings. The van der Waals surface area contributed by atoms with Gasteiger partial charge in [0.05, 0.1) is 17.8 Å². The largest absolute Gasteiger partial charge is 0.352 e. The highest BCUT2D eigenvalue weighted by Gasteiger charge is 2.17. The summed E-state index contributed by atoms with van der Waals surface area (Å²) >= 11 is 0. The highest BCUT2D eigenvalue weighted by Crippen LogP contribution is 2.19. The molecule has 0 radical (unpaired) electrons. The number of nitrogens with one attached hydrogen (secondary N) is 1. The first-order valence-electron chi connectivity index (χ1n) is 8.69. The lowest BCUT2D eigenvalue weighted by Crippen LogP contribution is -2.25. The van der Waals surface area contributed by atoms with E-state index in [1.165, 1.54) is 19.1 Å². The lowest BCUT2D eigenvalue weighted by atomic mass is 10.1. The molecule has 3 rings (SSSR count). The highest BCUT2D eigenvalue weighted by molar-refractivity contribution is 5.79. The van der Waals surface area contributed by atoms with Gasteiger partial charge in [-0.1, -0.05) is 30.3 Å². The van der Waals surface area contributed by atoms with Crippen LogP contribution in [0.1, 0.15) is 28.1 Å². The van der Waals surface area contributed by atoms with E-state index >= 15 is 0 Å². The zero-order valence-corrected chi connectivity index (χ0v) is 15.5. The number of aromatic nitrogens is 2. The van der Waals surface area contributed by atoms with Crippen LogP contribution in [0.25, 0.3) is 5.69 Å². The Morgan fingerprint density at radius 2 is 1.74 bits per heavy atom. The molecule has 140 valence electrons. The predicted molar refractivity (Wildman–Crippen MR) is 99.7 cm³/mol.